The fourth-order valence-electron chi connectivity index (χ4n) is 2.95. The molecule has 5 heteroatoms. The molecule has 1 aliphatic heterocycles. The van der Waals surface area contributed by atoms with E-state index >= 15 is 0 Å². The normalized spacial score (nSPS) is 19.9. The minimum atomic E-state index is -0.153. The number of rotatable bonds is 6. The SMILES string of the molecule is COc1ccc(CCC(=O)N[C@H]2CCOC(C)(C)C2)cc1OC. The molecule has 2 rings (SSSR count). The number of amides is 1. The van der Waals surface area contributed by atoms with Crippen molar-refractivity contribution < 1.29 is 19.0 Å². The van der Waals surface area contributed by atoms with Crippen LogP contribution in [0.1, 0.15) is 38.7 Å². The van der Waals surface area contributed by atoms with Crippen LogP contribution in [0.5, 0.6) is 11.5 Å². The quantitative estimate of drug-likeness (QED) is 0.875. The average Bonchev–Trinajstić information content (AvgIpc) is 2.51. The number of ether oxygens (including phenoxy) is 3. The van der Waals surface area contributed by atoms with E-state index in [9.17, 15) is 4.79 Å². The average molecular weight is 321 g/mol. The van der Waals surface area contributed by atoms with E-state index in [0.717, 1.165) is 18.4 Å². The number of carbonyl (C=O) groups excluding carboxylic acids is 1. The lowest BCUT2D eigenvalue weighted by atomic mass is 9.94. The zero-order valence-electron chi connectivity index (χ0n) is 14.5. The minimum absolute atomic E-state index is 0.0856. The molecule has 1 aromatic carbocycles. The lowest BCUT2D eigenvalue weighted by Crippen LogP contribution is -2.45. The van der Waals surface area contributed by atoms with Gasteiger partial charge in [-0.2, -0.15) is 0 Å². The first-order chi connectivity index (χ1) is 10.9. The number of carbonyl (C=O) groups is 1. The fraction of sp³-hybridized carbons (Fsp3) is 0.611. The Labute approximate surface area is 138 Å². The van der Waals surface area contributed by atoms with Gasteiger partial charge in [-0.1, -0.05) is 6.07 Å². The van der Waals surface area contributed by atoms with Crippen molar-refractivity contribution in [2.75, 3.05) is 20.8 Å². The summed E-state index contributed by atoms with van der Waals surface area (Å²) in [7, 11) is 3.22. The predicted octanol–water partition coefficient (Wildman–Crippen LogP) is 2.71. The lowest BCUT2D eigenvalue weighted by molar-refractivity contribution is -0.124. The van der Waals surface area contributed by atoms with Crippen molar-refractivity contribution >= 4 is 5.91 Å². The summed E-state index contributed by atoms with van der Waals surface area (Å²) < 4.78 is 16.2. The Balaban J connectivity index is 1.84. The molecule has 1 saturated heterocycles. The van der Waals surface area contributed by atoms with Gasteiger partial charge in [-0.05, 0) is 50.8 Å². The van der Waals surface area contributed by atoms with Crippen LogP contribution in [0.25, 0.3) is 0 Å². The number of methoxy groups -OCH3 is 2. The molecule has 128 valence electrons. The first-order valence-corrected chi connectivity index (χ1v) is 8.08. The zero-order chi connectivity index (χ0) is 16.9. The molecular formula is C18H27NO4. The van der Waals surface area contributed by atoms with E-state index in [-0.39, 0.29) is 17.6 Å². The smallest absolute Gasteiger partial charge is 0.220 e. The van der Waals surface area contributed by atoms with E-state index in [2.05, 4.69) is 19.2 Å². The molecule has 0 radical (unpaired) electrons. The Kier molecular flexibility index (Phi) is 5.88. The highest BCUT2D eigenvalue weighted by Crippen LogP contribution is 2.28. The number of hydrogen-bond acceptors (Lipinski definition) is 4. The van der Waals surface area contributed by atoms with Gasteiger partial charge in [-0.25, -0.2) is 0 Å². The summed E-state index contributed by atoms with van der Waals surface area (Å²) >= 11 is 0. The van der Waals surface area contributed by atoms with Crippen molar-refractivity contribution in [3.8, 4) is 11.5 Å². The van der Waals surface area contributed by atoms with Gasteiger partial charge in [-0.3, -0.25) is 4.79 Å². The van der Waals surface area contributed by atoms with E-state index in [1.807, 2.05) is 18.2 Å². The van der Waals surface area contributed by atoms with Gasteiger partial charge in [0.15, 0.2) is 11.5 Å². The second-order valence-corrected chi connectivity index (χ2v) is 6.55. The van der Waals surface area contributed by atoms with Gasteiger partial charge in [0.25, 0.3) is 0 Å². The molecule has 0 bridgehead atoms. The predicted molar refractivity (Wildman–Crippen MR) is 89.1 cm³/mol. The molecule has 1 atom stereocenters. The van der Waals surface area contributed by atoms with Crippen molar-refractivity contribution in [2.24, 2.45) is 0 Å². The third kappa shape index (κ3) is 5.13. The van der Waals surface area contributed by atoms with Crippen LogP contribution in [0.2, 0.25) is 0 Å². The van der Waals surface area contributed by atoms with Crippen LogP contribution >= 0.6 is 0 Å². The molecule has 1 aliphatic rings. The van der Waals surface area contributed by atoms with E-state index in [4.69, 9.17) is 14.2 Å². The maximum atomic E-state index is 12.2. The monoisotopic (exact) mass is 321 g/mol. The lowest BCUT2D eigenvalue weighted by Gasteiger charge is -2.35. The van der Waals surface area contributed by atoms with E-state index in [1.54, 1.807) is 14.2 Å². The molecule has 1 fully saturated rings. The number of aryl methyl sites for hydroxylation is 1. The molecule has 0 saturated carbocycles. The second-order valence-electron chi connectivity index (χ2n) is 6.55. The molecule has 1 aromatic rings. The second kappa shape index (κ2) is 7.68. The van der Waals surface area contributed by atoms with Crippen molar-refractivity contribution in [3.63, 3.8) is 0 Å². The summed E-state index contributed by atoms with van der Waals surface area (Å²) in [6.07, 6.45) is 2.88. The summed E-state index contributed by atoms with van der Waals surface area (Å²) in [4.78, 5) is 12.2. The highest BCUT2D eigenvalue weighted by Gasteiger charge is 2.29. The molecule has 23 heavy (non-hydrogen) atoms. The van der Waals surface area contributed by atoms with Crippen molar-refractivity contribution in [1.29, 1.82) is 0 Å². The van der Waals surface area contributed by atoms with E-state index in [0.29, 0.717) is 30.9 Å². The van der Waals surface area contributed by atoms with Crippen LogP contribution in [0.15, 0.2) is 18.2 Å². The summed E-state index contributed by atoms with van der Waals surface area (Å²) in [6.45, 7) is 4.83. The van der Waals surface area contributed by atoms with E-state index < -0.39 is 0 Å². The zero-order valence-corrected chi connectivity index (χ0v) is 14.5. The molecule has 0 spiro atoms. The van der Waals surface area contributed by atoms with Gasteiger partial charge < -0.3 is 19.5 Å². The molecule has 1 N–H and O–H groups in total. The standard InChI is InChI=1S/C18H27NO4/c1-18(2)12-14(9-10-23-18)19-17(20)8-6-13-5-7-15(21-3)16(11-13)22-4/h5,7,11,14H,6,8-10,12H2,1-4H3,(H,19,20)/t14-/m0/s1. The highest BCUT2D eigenvalue weighted by molar-refractivity contribution is 5.76. The number of benzene rings is 1. The maximum Gasteiger partial charge on any atom is 0.220 e. The van der Waals surface area contributed by atoms with Gasteiger partial charge in [-0.15, -0.1) is 0 Å². The summed E-state index contributed by atoms with van der Waals surface area (Å²) in [5.41, 5.74) is 0.907. The Hall–Kier alpha value is -1.75. The van der Waals surface area contributed by atoms with Gasteiger partial charge in [0.2, 0.25) is 5.91 Å². The van der Waals surface area contributed by atoms with Gasteiger partial charge in [0, 0.05) is 19.1 Å². The van der Waals surface area contributed by atoms with Crippen LogP contribution in [0.3, 0.4) is 0 Å². The van der Waals surface area contributed by atoms with Crippen LogP contribution in [-0.2, 0) is 16.0 Å². The first-order valence-electron chi connectivity index (χ1n) is 8.08. The van der Waals surface area contributed by atoms with Crippen molar-refractivity contribution in [3.05, 3.63) is 23.8 Å². The Bertz CT molecular complexity index is 542. The Morgan fingerprint density at radius 1 is 1.30 bits per heavy atom. The summed E-state index contributed by atoms with van der Waals surface area (Å²) in [5, 5.41) is 3.12. The molecule has 0 aromatic heterocycles. The largest absolute Gasteiger partial charge is 0.493 e. The molecule has 1 heterocycles. The van der Waals surface area contributed by atoms with Crippen molar-refractivity contribution in [1.82, 2.24) is 5.32 Å². The van der Waals surface area contributed by atoms with Crippen molar-refractivity contribution in [2.45, 2.75) is 51.2 Å². The summed E-state index contributed by atoms with van der Waals surface area (Å²) in [6, 6.07) is 5.96. The Morgan fingerprint density at radius 3 is 2.70 bits per heavy atom. The number of hydrogen-bond donors (Lipinski definition) is 1. The van der Waals surface area contributed by atoms with Crippen LogP contribution < -0.4 is 14.8 Å². The topological polar surface area (TPSA) is 56.8 Å². The summed E-state index contributed by atoms with van der Waals surface area (Å²) in [5.74, 6) is 1.48. The minimum Gasteiger partial charge on any atom is -0.493 e. The first kappa shape index (κ1) is 17.6. The molecule has 5 nitrogen and oxygen atoms in total. The molecule has 0 unspecified atom stereocenters. The van der Waals surface area contributed by atoms with Gasteiger partial charge >= 0.3 is 0 Å². The molecule has 1 amide bonds. The third-order valence-corrected chi connectivity index (χ3v) is 4.15. The van der Waals surface area contributed by atoms with E-state index in [1.165, 1.54) is 0 Å². The molecule has 0 aliphatic carbocycles. The maximum absolute atomic E-state index is 12.2. The van der Waals surface area contributed by atoms with Crippen LogP contribution in [-0.4, -0.2) is 38.4 Å². The molecular weight excluding hydrogens is 294 g/mol. The Morgan fingerprint density at radius 2 is 2.04 bits per heavy atom. The highest BCUT2D eigenvalue weighted by atomic mass is 16.5. The van der Waals surface area contributed by atoms with Crippen LogP contribution in [0, 0.1) is 0 Å². The van der Waals surface area contributed by atoms with Crippen LogP contribution in [0.4, 0.5) is 0 Å². The third-order valence-electron chi connectivity index (χ3n) is 4.15. The van der Waals surface area contributed by atoms with Gasteiger partial charge in [0.1, 0.15) is 0 Å². The number of nitrogens with one attached hydrogen (secondary N) is 1. The van der Waals surface area contributed by atoms with Gasteiger partial charge in [0.05, 0.1) is 19.8 Å². The fourth-order valence-corrected chi connectivity index (χ4v) is 2.95.